The molecule has 0 saturated carbocycles. The quantitative estimate of drug-likeness (QED) is 0.460. The van der Waals surface area contributed by atoms with Gasteiger partial charge in [0.2, 0.25) is 23.6 Å². The topological polar surface area (TPSA) is 86.8 Å². The van der Waals surface area contributed by atoms with Crippen LogP contribution < -0.4 is 5.32 Å². The first-order chi connectivity index (χ1) is 15.7. The summed E-state index contributed by atoms with van der Waals surface area (Å²) in [6.45, 7) is 8.60. The van der Waals surface area contributed by atoms with Crippen molar-refractivity contribution in [1.82, 2.24) is 15.1 Å². The number of hydrogen-bond acceptors (Lipinski definition) is 4. The van der Waals surface area contributed by atoms with Crippen LogP contribution in [0.25, 0.3) is 0 Å². The Morgan fingerprint density at radius 1 is 1.03 bits per heavy atom. The van der Waals surface area contributed by atoms with E-state index in [-0.39, 0.29) is 55.0 Å². The zero-order valence-electron chi connectivity index (χ0n) is 20.0. The first-order valence-corrected chi connectivity index (χ1v) is 11.8. The summed E-state index contributed by atoms with van der Waals surface area (Å²) in [5.41, 5.74) is 2.03. The fraction of sp³-hybridized carbons (Fsp3) is 0.538. The second-order valence-corrected chi connectivity index (χ2v) is 9.56. The van der Waals surface area contributed by atoms with Gasteiger partial charge in [-0.1, -0.05) is 55.8 Å². The first-order valence-electron chi connectivity index (χ1n) is 11.8. The average Bonchev–Trinajstić information content (AvgIpc) is 3.04. The molecule has 1 aliphatic carbocycles. The third-order valence-corrected chi connectivity index (χ3v) is 6.47. The van der Waals surface area contributed by atoms with Crippen LogP contribution in [0.2, 0.25) is 0 Å². The van der Waals surface area contributed by atoms with Gasteiger partial charge in [0.05, 0.1) is 11.8 Å². The first kappa shape index (κ1) is 24.7. The smallest absolute Gasteiger partial charge is 0.242 e. The van der Waals surface area contributed by atoms with Crippen LogP contribution in [0.5, 0.6) is 0 Å². The minimum Gasteiger partial charge on any atom is -0.354 e. The van der Waals surface area contributed by atoms with Crippen LogP contribution in [0.15, 0.2) is 36.4 Å². The maximum atomic E-state index is 13.3. The fourth-order valence-corrected chi connectivity index (χ4v) is 4.37. The van der Waals surface area contributed by atoms with Crippen molar-refractivity contribution in [2.75, 3.05) is 13.1 Å². The van der Waals surface area contributed by atoms with E-state index in [0.717, 1.165) is 11.1 Å². The van der Waals surface area contributed by atoms with Crippen LogP contribution in [0.1, 0.15) is 51.2 Å². The summed E-state index contributed by atoms with van der Waals surface area (Å²) in [7, 11) is 0. The molecule has 3 atom stereocenters. The van der Waals surface area contributed by atoms with Crippen LogP contribution in [0, 0.1) is 24.7 Å². The zero-order chi connectivity index (χ0) is 24.1. The molecule has 0 aromatic heterocycles. The molecule has 1 saturated heterocycles. The molecule has 3 rings (SSSR count). The van der Waals surface area contributed by atoms with Crippen molar-refractivity contribution >= 4 is 23.6 Å². The molecule has 33 heavy (non-hydrogen) atoms. The minimum absolute atomic E-state index is 0.00197. The lowest BCUT2D eigenvalue weighted by Crippen LogP contribution is -2.49. The molecule has 0 spiro atoms. The second-order valence-electron chi connectivity index (χ2n) is 9.56. The van der Waals surface area contributed by atoms with Gasteiger partial charge in [-0.3, -0.25) is 24.1 Å². The molecule has 1 aliphatic heterocycles. The Bertz CT molecular complexity index is 896. The lowest BCUT2D eigenvalue weighted by atomic mass is 9.85. The van der Waals surface area contributed by atoms with Crippen LogP contribution in [0.4, 0.5) is 0 Å². The molecule has 178 valence electrons. The van der Waals surface area contributed by atoms with Gasteiger partial charge in [0.1, 0.15) is 6.04 Å². The monoisotopic (exact) mass is 453 g/mol. The van der Waals surface area contributed by atoms with Crippen LogP contribution in [-0.2, 0) is 25.7 Å². The predicted octanol–water partition coefficient (Wildman–Crippen LogP) is 2.83. The molecule has 1 heterocycles. The molecule has 7 heteroatoms. The van der Waals surface area contributed by atoms with E-state index < -0.39 is 6.04 Å². The Labute approximate surface area is 196 Å². The standard InChI is InChI=1S/C26H35N3O4/c1-17(2)15-27-24(31)19(4)29(16-20-11-9-18(3)10-12-20)23(30)13-14-28-25(32)21-7-5-6-8-22(21)26(28)33/h5-6,9-12,17,19,21-22H,7-8,13-16H2,1-4H3,(H,27,31)/t19?,21-,22+. The van der Waals surface area contributed by atoms with E-state index in [1.165, 1.54) is 4.90 Å². The van der Waals surface area contributed by atoms with Gasteiger partial charge in [0.25, 0.3) is 0 Å². The lowest BCUT2D eigenvalue weighted by molar-refractivity contribution is -0.143. The number of nitrogens with zero attached hydrogens (tertiary/aromatic N) is 2. The van der Waals surface area contributed by atoms with E-state index in [4.69, 9.17) is 0 Å². The number of nitrogens with one attached hydrogen (secondary N) is 1. The van der Waals surface area contributed by atoms with Gasteiger partial charge in [-0.05, 0) is 38.2 Å². The average molecular weight is 454 g/mol. The van der Waals surface area contributed by atoms with E-state index in [9.17, 15) is 19.2 Å². The normalized spacial score (nSPS) is 20.7. The van der Waals surface area contributed by atoms with Crippen LogP contribution >= 0.6 is 0 Å². The number of carbonyl (C=O) groups is 4. The molecular weight excluding hydrogens is 418 g/mol. The van der Waals surface area contributed by atoms with Gasteiger partial charge in [-0.25, -0.2) is 0 Å². The molecule has 7 nitrogen and oxygen atoms in total. The number of benzene rings is 1. The number of allylic oxidation sites excluding steroid dienone is 2. The Kier molecular flexibility index (Phi) is 8.06. The highest BCUT2D eigenvalue weighted by Crippen LogP contribution is 2.35. The summed E-state index contributed by atoms with van der Waals surface area (Å²) in [6, 6.07) is 7.16. The van der Waals surface area contributed by atoms with Crippen molar-refractivity contribution < 1.29 is 19.2 Å². The Morgan fingerprint density at radius 2 is 1.61 bits per heavy atom. The molecule has 1 unspecified atom stereocenters. The van der Waals surface area contributed by atoms with Crippen molar-refractivity contribution in [2.45, 2.75) is 59.5 Å². The van der Waals surface area contributed by atoms with Gasteiger partial charge < -0.3 is 10.2 Å². The Hall–Kier alpha value is -2.96. The van der Waals surface area contributed by atoms with Gasteiger partial charge in [-0.2, -0.15) is 0 Å². The summed E-state index contributed by atoms with van der Waals surface area (Å²) >= 11 is 0. The SMILES string of the molecule is Cc1ccc(CN(C(=O)CCN2C(=O)[C@H]3CC=CC[C@H]3C2=O)C(C)C(=O)NCC(C)C)cc1. The van der Waals surface area contributed by atoms with Gasteiger partial charge >= 0.3 is 0 Å². The zero-order valence-corrected chi connectivity index (χ0v) is 20.0. The molecule has 1 N–H and O–H groups in total. The van der Waals surface area contributed by atoms with E-state index >= 15 is 0 Å². The third-order valence-electron chi connectivity index (χ3n) is 6.47. The van der Waals surface area contributed by atoms with Gasteiger partial charge in [0, 0.05) is 26.1 Å². The molecule has 0 bridgehead atoms. The summed E-state index contributed by atoms with van der Waals surface area (Å²) in [5.74, 6) is -1.15. The number of imide groups is 1. The molecule has 4 amide bonds. The summed E-state index contributed by atoms with van der Waals surface area (Å²) in [5, 5.41) is 2.90. The largest absolute Gasteiger partial charge is 0.354 e. The highest BCUT2D eigenvalue weighted by molar-refractivity contribution is 6.05. The van der Waals surface area contributed by atoms with Crippen LogP contribution in [0.3, 0.4) is 0 Å². The molecule has 1 aromatic rings. The van der Waals surface area contributed by atoms with E-state index in [2.05, 4.69) is 5.32 Å². The predicted molar refractivity (Wildman–Crippen MR) is 126 cm³/mol. The van der Waals surface area contributed by atoms with Crippen molar-refractivity contribution in [1.29, 1.82) is 0 Å². The summed E-state index contributed by atoms with van der Waals surface area (Å²) < 4.78 is 0. The van der Waals surface area contributed by atoms with Crippen molar-refractivity contribution in [2.24, 2.45) is 17.8 Å². The molecule has 1 aromatic carbocycles. The van der Waals surface area contributed by atoms with E-state index in [0.29, 0.717) is 25.3 Å². The highest BCUT2D eigenvalue weighted by Gasteiger charge is 2.47. The highest BCUT2D eigenvalue weighted by atomic mass is 16.2. The van der Waals surface area contributed by atoms with Crippen molar-refractivity contribution in [3.05, 3.63) is 47.5 Å². The molecular formula is C26H35N3O4. The number of hydrogen-bond donors (Lipinski definition) is 1. The summed E-state index contributed by atoms with van der Waals surface area (Å²) in [6.07, 6.45) is 5.04. The summed E-state index contributed by atoms with van der Waals surface area (Å²) in [4.78, 5) is 54.3. The second kappa shape index (κ2) is 10.8. The number of carbonyl (C=O) groups excluding carboxylic acids is 4. The number of amides is 4. The van der Waals surface area contributed by atoms with Crippen molar-refractivity contribution in [3.8, 4) is 0 Å². The van der Waals surface area contributed by atoms with Gasteiger partial charge in [0.15, 0.2) is 0 Å². The van der Waals surface area contributed by atoms with E-state index in [1.807, 2.05) is 57.2 Å². The third kappa shape index (κ3) is 5.89. The molecule has 1 fully saturated rings. The number of fused-ring (bicyclic) bond motifs is 1. The van der Waals surface area contributed by atoms with Crippen LogP contribution in [-0.4, -0.2) is 52.6 Å². The minimum atomic E-state index is -0.672. The molecule has 0 radical (unpaired) electrons. The van der Waals surface area contributed by atoms with E-state index in [1.54, 1.807) is 11.8 Å². The van der Waals surface area contributed by atoms with Crippen molar-refractivity contribution in [3.63, 3.8) is 0 Å². The molecule has 2 aliphatic rings. The Balaban J connectivity index is 1.70. The lowest BCUT2D eigenvalue weighted by Gasteiger charge is -2.29. The Morgan fingerprint density at radius 3 is 2.15 bits per heavy atom. The maximum Gasteiger partial charge on any atom is 0.242 e. The fourth-order valence-electron chi connectivity index (χ4n) is 4.37. The number of aryl methyl sites for hydroxylation is 1. The maximum absolute atomic E-state index is 13.3. The van der Waals surface area contributed by atoms with Gasteiger partial charge in [-0.15, -0.1) is 0 Å². The number of likely N-dealkylation sites (tertiary alicyclic amines) is 1. The number of rotatable bonds is 9.